The third-order valence-corrected chi connectivity index (χ3v) is 3.64. The number of hydrogen-bond donors (Lipinski definition) is 2. The van der Waals surface area contributed by atoms with Crippen molar-refractivity contribution in [3.05, 3.63) is 65.5 Å². The van der Waals surface area contributed by atoms with Gasteiger partial charge in [-0.1, -0.05) is 44.2 Å². The van der Waals surface area contributed by atoms with Gasteiger partial charge in [0.25, 0.3) is 0 Å². The zero-order valence-electron chi connectivity index (χ0n) is 12.8. The summed E-state index contributed by atoms with van der Waals surface area (Å²) >= 11 is 0. The second-order valence-corrected chi connectivity index (χ2v) is 5.65. The molecule has 0 aliphatic carbocycles. The van der Waals surface area contributed by atoms with E-state index in [1.165, 1.54) is 11.1 Å². The minimum atomic E-state index is -0.458. The number of rotatable bonds is 7. The van der Waals surface area contributed by atoms with Gasteiger partial charge in [-0.15, -0.1) is 0 Å². The number of aliphatic hydroxyl groups excluding tert-OH is 1. The van der Waals surface area contributed by atoms with Crippen LogP contribution in [-0.4, -0.2) is 23.2 Å². The van der Waals surface area contributed by atoms with Gasteiger partial charge in [0.1, 0.15) is 0 Å². The number of aromatic nitrogens is 1. The normalized spacial score (nSPS) is 12.6. The van der Waals surface area contributed by atoms with E-state index in [0.717, 1.165) is 18.5 Å². The Bertz CT molecular complexity index is 523. The number of aliphatic hydroxyl groups is 1. The summed E-state index contributed by atoms with van der Waals surface area (Å²) in [6.45, 7) is 5.75. The minimum absolute atomic E-state index is 0.458. The molecule has 0 spiro atoms. The molecule has 0 aliphatic rings. The van der Waals surface area contributed by atoms with E-state index in [9.17, 15) is 5.11 Å². The Morgan fingerprint density at radius 2 is 1.81 bits per heavy atom. The van der Waals surface area contributed by atoms with Crippen molar-refractivity contribution < 1.29 is 5.11 Å². The number of hydrogen-bond acceptors (Lipinski definition) is 3. The van der Waals surface area contributed by atoms with Crippen LogP contribution in [0.3, 0.4) is 0 Å². The largest absolute Gasteiger partial charge is 0.387 e. The van der Waals surface area contributed by atoms with E-state index >= 15 is 0 Å². The topological polar surface area (TPSA) is 45.1 Å². The van der Waals surface area contributed by atoms with Gasteiger partial charge in [0.15, 0.2) is 0 Å². The van der Waals surface area contributed by atoms with E-state index in [-0.39, 0.29) is 0 Å². The molecule has 3 heteroatoms. The molecular formula is C18H24N2O. The van der Waals surface area contributed by atoms with E-state index in [2.05, 4.69) is 42.3 Å². The average molecular weight is 284 g/mol. The number of benzene rings is 1. The predicted octanol–water partition coefficient (Wildman–Crippen LogP) is 3.07. The van der Waals surface area contributed by atoms with Gasteiger partial charge in [-0.3, -0.25) is 4.98 Å². The maximum absolute atomic E-state index is 10.2. The van der Waals surface area contributed by atoms with Gasteiger partial charge in [-0.25, -0.2) is 0 Å². The van der Waals surface area contributed by atoms with Crippen molar-refractivity contribution in [3.63, 3.8) is 0 Å². The number of pyridine rings is 1. The van der Waals surface area contributed by atoms with Crippen LogP contribution in [0.4, 0.5) is 0 Å². The molecule has 0 amide bonds. The third kappa shape index (κ3) is 4.96. The van der Waals surface area contributed by atoms with Crippen LogP contribution in [0.15, 0.2) is 48.8 Å². The first kappa shape index (κ1) is 15.7. The molecule has 112 valence electrons. The summed E-state index contributed by atoms with van der Waals surface area (Å²) in [5.74, 6) is 0.522. The maximum atomic E-state index is 10.2. The molecule has 2 N–H and O–H groups in total. The highest BCUT2D eigenvalue weighted by atomic mass is 16.3. The first-order chi connectivity index (χ1) is 10.2. The summed E-state index contributed by atoms with van der Waals surface area (Å²) in [5.41, 5.74) is 3.48. The molecule has 3 nitrogen and oxygen atoms in total. The molecule has 0 aliphatic heterocycles. The Morgan fingerprint density at radius 3 is 2.43 bits per heavy atom. The number of nitrogens with zero attached hydrogens (tertiary/aromatic N) is 1. The molecule has 1 heterocycles. The fourth-order valence-electron chi connectivity index (χ4n) is 2.24. The zero-order valence-corrected chi connectivity index (χ0v) is 12.8. The monoisotopic (exact) mass is 284 g/mol. The lowest BCUT2D eigenvalue weighted by Crippen LogP contribution is -2.23. The average Bonchev–Trinajstić information content (AvgIpc) is 2.52. The van der Waals surface area contributed by atoms with Crippen LogP contribution < -0.4 is 5.32 Å². The standard InChI is InChI=1S/C18H24N2O/c1-14(2)16-5-7-17(8-6-16)18(21)13-20-11-9-15-4-3-10-19-12-15/h3-8,10,12,14,18,20-21H,9,11,13H2,1-2H3. The number of nitrogens with one attached hydrogen (secondary N) is 1. The molecule has 0 saturated carbocycles. The van der Waals surface area contributed by atoms with Gasteiger partial charge in [0, 0.05) is 18.9 Å². The van der Waals surface area contributed by atoms with Gasteiger partial charge in [0.2, 0.25) is 0 Å². The highest BCUT2D eigenvalue weighted by Crippen LogP contribution is 2.18. The quantitative estimate of drug-likeness (QED) is 0.768. The van der Waals surface area contributed by atoms with Gasteiger partial charge in [-0.2, -0.15) is 0 Å². The van der Waals surface area contributed by atoms with Crippen molar-refractivity contribution in [1.82, 2.24) is 10.3 Å². The summed E-state index contributed by atoms with van der Waals surface area (Å²) in [7, 11) is 0. The smallest absolute Gasteiger partial charge is 0.0914 e. The van der Waals surface area contributed by atoms with Crippen LogP contribution in [0, 0.1) is 0 Å². The molecule has 1 aromatic carbocycles. The van der Waals surface area contributed by atoms with Crippen molar-refractivity contribution in [2.75, 3.05) is 13.1 Å². The van der Waals surface area contributed by atoms with Crippen LogP contribution in [0.5, 0.6) is 0 Å². The molecule has 2 rings (SSSR count). The molecule has 21 heavy (non-hydrogen) atoms. The molecule has 0 bridgehead atoms. The van der Waals surface area contributed by atoms with Gasteiger partial charge in [0.05, 0.1) is 6.10 Å². The van der Waals surface area contributed by atoms with E-state index in [1.54, 1.807) is 6.20 Å². The molecule has 1 atom stereocenters. The minimum Gasteiger partial charge on any atom is -0.387 e. The molecule has 0 fully saturated rings. The SMILES string of the molecule is CC(C)c1ccc(C(O)CNCCc2cccnc2)cc1. The molecule has 1 unspecified atom stereocenters. The maximum Gasteiger partial charge on any atom is 0.0914 e. The predicted molar refractivity (Wildman–Crippen MR) is 86.3 cm³/mol. The molecule has 0 radical (unpaired) electrons. The molecule has 2 aromatic rings. The molecule has 0 saturated heterocycles. The fourth-order valence-corrected chi connectivity index (χ4v) is 2.24. The Morgan fingerprint density at radius 1 is 1.10 bits per heavy atom. The third-order valence-electron chi connectivity index (χ3n) is 3.64. The summed E-state index contributed by atoms with van der Waals surface area (Å²) < 4.78 is 0. The zero-order chi connectivity index (χ0) is 15.1. The Hall–Kier alpha value is -1.71. The highest BCUT2D eigenvalue weighted by Gasteiger charge is 2.07. The lowest BCUT2D eigenvalue weighted by Gasteiger charge is -2.13. The van der Waals surface area contributed by atoms with Crippen molar-refractivity contribution in [3.8, 4) is 0 Å². The Labute approximate surface area is 127 Å². The van der Waals surface area contributed by atoms with Gasteiger partial charge >= 0.3 is 0 Å². The van der Waals surface area contributed by atoms with Crippen LogP contribution in [-0.2, 0) is 6.42 Å². The Balaban J connectivity index is 1.75. The van der Waals surface area contributed by atoms with Crippen molar-refractivity contribution >= 4 is 0 Å². The van der Waals surface area contributed by atoms with E-state index in [1.807, 2.05) is 24.4 Å². The van der Waals surface area contributed by atoms with Crippen LogP contribution in [0.2, 0.25) is 0 Å². The van der Waals surface area contributed by atoms with Gasteiger partial charge in [-0.05, 0) is 41.6 Å². The highest BCUT2D eigenvalue weighted by molar-refractivity contribution is 5.26. The summed E-state index contributed by atoms with van der Waals surface area (Å²) in [6, 6.07) is 12.2. The van der Waals surface area contributed by atoms with Crippen molar-refractivity contribution in [2.24, 2.45) is 0 Å². The van der Waals surface area contributed by atoms with Crippen LogP contribution >= 0.6 is 0 Å². The molecule has 1 aromatic heterocycles. The lowest BCUT2D eigenvalue weighted by atomic mass is 10.00. The van der Waals surface area contributed by atoms with Crippen molar-refractivity contribution in [1.29, 1.82) is 0 Å². The van der Waals surface area contributed by atoms with E-state index in [0.29, 0.717) is 12.5 Å². The van der Waals surface area contributed by atoms with Crippen LogP contribution in [0.1, 0.15) is 42.6 Å². The summed E-state index contributed by atoms with van der Waals surface area (Å²) in [4.78, 5) is 4.09. The molecular weight excluding hydrogens is 260 g/mol. The van der Waals surface area contributed by atoms with Crippen LogP contribution in [0.25, 0.3) is 0 Å². The second-order valence-electron chi connectivity index (χ2n) is 5.65. The van der Waals surface area contributed by atoms with Gasteiger partial charge < -0.3 is 10.4 Å². The van der Waals surface area contributed by atoms with E-state index < -0.39 is 6.10 Å². The summed E-state index contributed by atoms with van der Waals surface area (Å²) in [5, 5.41) is 13.5. The Kier molecular flexibility index (Phi) is 5.90. The first-order valence-electron chi connectivity index (χ1n) is 7.54. The van der Waals surface area contributed by atoms with E-state index in [4.69, 9.17) is 0 Å². The lowest BCUT2D eigenvalue weighted by molar-refractivity contribution is 0.175. The summed E-state index contributed by atoms with van der Waals surface area (Å²) in [6.07, 6.45) is 4.12. The first-order valence-corrected chi connectivity index (χ1v) is 7.54. The van der Waals surface area contributed by atoms with Crippen molar-refractivity contribution in [2.45, 2.75) is 32.3 Å². The fraction of sp³-hybridized carbons (Fsp3) is 0.389. The second kappa shape index (κ2) is 7.91.